The number of halogens is 1. The molecule has 17 heavy (non-hydrogen) atoms. The van der Waals surface area contributed by atoms with Crippen molar-refractivity contribution in [3.05, 3.63) is 28.2 Å². The van der Waals surface area contributed by atoms with Gasteiger partial charge in [-0.2, -0.15) is 0 Å². The number of benzene rings is 1. The average Bonchev–Trinajstić information content (AvgIpc) is 2.29. The Balaban J connectivity index is 2.69. The quantitative estimate of drug-likeness (QED) is 0.807. The summed E-state index contributed by atoms with van der Waals surface area (Å²) in [6.45, 7) is 3.98. The summed E-state index contributed by atoms with van der Waals surface area (Å²) in [5, 5.41) is 3.24. The Labute approximate surface area is 110 Å². The molecule has 5 heteroatoms. The van der Waals surface area contributed by atoms with Gasteiger partial charge in [-0.3, -0.25) is 4.79 Å². The van der Waals surface area contributed by atoms with Crippen LogP contribution in [0.1, 0.15) is 18.9 Å². The van der Waals surface area contributed by atoms with Crippen molar-refractivity contribution in [2.45, 2.75) is 19.9 Å². The maximum Gasteiger partial charge on any atom is 0.220 e. The van der Waals surface area contributed by atoms with Gasteiger partial charge in [-0.15, -0.1) is 0 Å². The molecule has 0 aliphatic carbocycles. The fourth-order valence-electron chi connectivity index (χ4n) is 1.37. The molecule has 0 radical (unpaired) electrons. The number of carbonyl (C=O) groups is 1. The summed E-state index contributed by atoms with van der Waals surface area (Å²) in [5.74, 6) is 0.417. The lowest BCUT2D eigenvalue weighted by Crippen LogP contribution is -2.16. The van der Waals surface area contributed by atoms with E-state index in [0.717, 1.165) is 28.9 Å². The van der Waals surface area contributed by atoms with E-state index in [1.807, 2.05) is 25.1 Å². The summed E-state index contributed by atoms with van der Waals surface area (Å²) in [4.78, 5) is 10.6. The smallest absolute Gasteiger partial charge is 0.220 e. The molecule has 1 aromatic rings. The number of hydrogen-bond acceptors (Lipinski definition) is 3. The van der Waals surface area contributed by atoms with Crippen LogP contribution in [0, 0.1) is 0 Å². The molecule has 3 N–H and O–H groups in total. The Kier molecular flexibility index (Phi) is 6.00. The molecule has 4 nitrogen and oxygen atoms in total. The van der Waals surface area contributed by atoms with Crippen molar-refractivity contribution in [3.63, 3.8) is 0 Å². The Morgan fingerprint density at radius 1 is 1.53 bits per heavy atom. The van der Waals surface area contributed by atoms with Crippen LogP contribution < -0.4 is 15.8 Å². The molecule has 0 bridgehead atoms. The van der Waals surface area contributed by atoms with E-state index in [0.29, 0.717) is 6.61 Å². The maximum absolute atomic E-state index is 10.6. The molecule has 0 aliphatic heterocycles. The predicted octanol–water partition coefficient (Wildman–Crippen LogP) is 1.81. The van der Waals surface area contributed by atoms with Gasteiger partial charge in [0.1, 0.15) is 5.75 Å². The van der Waals surface area contributed by atoms with Gasteiger partial charge < -0.3 is 15.8 Å². The number of carbonyl (C=O) groups excluding carboxylic acids is 1. The first-order valence-corrected chi connectivity index (χ1v) is 6.33. The number of para-hydroxylation sites is 1. The summed E-state index contributed by atoms with van der Waals surface area (Å²) in [7, 11) is 0. The molecule has 0 spiro atoms. The zero-order valence-corrected chi connectivity index (χ0v) is 11.4. The lowest BCUT2D eigenvalue weighted by Gasteiger charge is -2.13. The zero-order valence-electron chi connectivity index (χ0n) is 9.83. The first kappa shape index (κ1) is 14.0. The van der Waals surface area contributed by atoms with Gasteiger partial charge in [-0.05, 0) is 28.5 Å². The van der Waals surface area contributed by atoms with Crippen LogP contribution in [0.25, 0.3) is 0 Å². The normalized spacial score (nSPS) is 10.2. The summed E-state index contributed by atoms with van der Waals surface area (Å²) in [6.07, 6.45) is 0.224. The third kappa shape index (κ3) is 4.75. The second-order valence-electron chi connectivity index (χ2n) is 3.57. The fraction of sp³-hybridized carbons (Fsp3) is 0.417. The van der Waals surface area contributed by atoms with Crippen LogP contribution in [-0.2, 0) is 11.3 Å². The number of ether oxygens (including phenoxy) is 1. The summed E-state index contributed by atoms with van der Waals surface area (Å²) in [5.41, 5.74) is 6.13. The number of nitrogens with two attached hydrogens (primary N) is 1. The first-order chi connectivity index (χ1) is 8.15. The van der Waals surface area contributed by atoms with Crippen molar-refractivity contribution in [2.75, 3.05) is 13.2 Å². The van der Waals surface area contributed by atoms with Crippen LogP contribution >= 0.6 is 15.9 Å². The largest absolute Gasteiger partial charge is 0.492 e. The summed E-state index contributed by atoms with van der Waals surface area (Å²) >= 11 is 3.44. The van der Waals surface area contributed by atoms with E-state index in [-0.39, 0.29) is 12.3 Å². The van der Waals surface area contributed by atoms with Crippen molar-refractivity contribution in [1.29, 1.82) is 0 Å². The molecular weight excluding hydrogens is 284 g/mol. The molecule has 1 amide bonds. The van der Waals surface area contributed by atoms with E-state index in [4.69, 9.17) is 10.5 Å². The van der Waals surface area contributed by atoms with Gasteiger partial charge in [0.25, 0.3) is 0 Å². The van der Waals surface area contributed by atoms with Gasteiger partial charge in [0, 0.05) is 12.1 Å². The second kappa shape index (κ2) is 7.29. The van der Waals surface area contributed by atoms with Gasteiger partial charge in [-0.25, -0.2) is 0 Å². The molecule has 0 heterocycles. The van der Waals surface area contributed by atoms with E-state index in [9.17, 15) is 4.79 Å². The van der Waals surface area contributed by atoms with Gasteiger partial charge in [0.05, 0.1) is 17.5 Å². The number of amides is 1. The third-order valence-electron chi connectivity index (χ3n) is 2.21. The standard InChI is InChI=1S/C12H17BrN2O2/c1-2-15-8-9-4-3-5-10(13)12(9)17-7-6-11(14)16/h3-5,15H,2,6-8H2,1H3,(H2,14,16). The topological polar surface area (TPSA) is 64.3 Å². The lowest BCUT2D eigenvalue weighted by molar-refractivity contribution is -0.118. The minimum Gasteiger partial charge on any atom is -0.492 e. The van der Waals surface area contributed by atoms with E-state index in [1.165, 1.54) is 0 Å². The number of hydrogen-bond donors (Lipinski definition) is 2. The molecule has 94 valence electrons. The minimum absolute atomic E-state index is 0.224. The number of rotatable bonds is 7. The zero-order chi connectivity index (χ0) is 12.7. The van der Waals surface area contributed by atoms with E-state index >= 15 is 0 Å². The Hall–Kier alpha value is -1.07. The molecule has 0 saturated carbocycles. The lowest BCUT2D eigenvalue weighted by atomic mass is 10.2. The van der Waals surface area contributed by atoms with Crippen molar-refractivity contribution >= 4 is 21.8 Å². The van der Waals surface area contributed by atoms with E-state index in [1.54, 1.807) is 0 Å². The highest BCUT2D eigenvalue weighted by Gasteiger charge is 2.08. The summed E-state index contributed by atoms with van der Waals surface area (Å²) < 4.78 is 6.47. The van der Waals surface area contributed by atoms with Crippen LogP contribution in [0.4, 0.5) is 0 Å². The highest BCUT2D eigenvalue weighted by molar-refractivity contribution is 9.10. The van der Waals surface area contributed by atoms with Crippen LogP contribution in [0.2, 0.25) is 0 Å². The first-order valence-electron chi connectivity index (χ1n) is 5.54. The molecular formula is C12H17BrN2O2. The second-order valence-corrected chi connectivity index (χ2v) is 4.43. The SMILES string of the molecule is CCNCc1cccc(Br)c1OCCC(N)=O. The van der Waals surface area contributed by atoms with Gasteiger partial charge in [-0.1, -0.05) is 19.1 Å². The molecule has 1 rings (SSSR count). The number of primary amides is 1. The molecule has 0 saturated heterocycles. The molecule has 0 atom stereocenters. The van der Waals surface area contributed by atoms with Gasteiger partial charge >= 0.3 is 0 Å². The molecule has 0 unspecified atom stereocenters. The van der Waals surface area contributed by atoms with Crippen molar-refractivity contribution < 1.29 is 9.53 Å². The maximum atomic E-state index is 10.6. The third-order valence-corrected chi connectivity index (χ3v) is 2.83. The highest BCUT2D eigenvalue weighted by Crippen LogP contribution is 2.29. The van der Waals surface area contributed by atoms with Crippen LogP contribution in [-0.4, -0.2) is 19.1 Å². The van der Waals surface area contributed by atoms with E-state index in [2.05, 4.69) is 21.2 Å². The van der Waals surface area contributed by atoms with Crippen molar-refractivity contribution in [2.24, 2.45) is 5.73 Å². The van der Waals surface area contributed by atoms with Gasteiger partial charge in [0.2, 0.25) is 5.91 Å². The molecule has 0 aliphatic rings. The van der Waals surface area contributed by atoms with Crippen molar-refractivity contribution in [3.8, 4) is 5.75 Å². The minimum atomic E-state index is -0.356. The predicted molar refractivity (Wildman–Crippen MR) is 70.8 cm³/mol. The van der Waals surface area contributed by atoms with Crippen LogP contribution in [0.15, 0.2) is 22.7 Å². The average molecular weight is 301 g/mol. The monoisotopic (exact) mass is 300 g/mol. The van der Waals surface area contributed by atoms with Crippen molar-refractivity contribution in [1.82, 2.24) is 5.32 Å². The molecule has 0 aromatic heterocycles. The Bertz CT molecular complexity index is 383. The number of nitrogens with one attached hydrogen (secondary N) is 1. The summed E-state index contributed by atoms with van der Waals surface area (Å²) in [6, 6.07) is 5.86. The van der Waals surface area contributed by atoms with Crippen LogP contribution in [0.5, 0.6) is 5.75 Å². The Morgan fingerprint density at radius 3 is 2.94 bits per heavy atom. The fourth-order valence-corrected chi connectivity index (χ4v) is 1.89. The van der Waals surface area contributed by atoms with E-state index < -0.39 is 0 Å². The molecule has 0 fully saturated rings. The van der Waals surface area contributed by atoms with Crippen LogP contribution in [0.3, 0.4) is 0 Å². The highest BCUT2D eigenvalue weighted by atomic mass is 79.9. The molecule has 1 aromatic carbocycles. The van der Waals surface area contributed by atoms with Gasteiger partial charge in [0.15, 0.2) is 0 Å². The Morgan fingerprint density at radius 2 is 2.29 bits per heavy atom.